The number of carbonyl (C=O) groups is 3. The van der Waals surface area contributed by atoms with Gasteiger partial charge in [-0.2, -0.15) is 0 Å². The first kappa shape index (κ1) is 18.4. The highest BCUT2D eigenvalue weighted by molar-refractivity contribution is 5.84. The largest absolute Gasteiger partial charge is 0.508 e. The number of benzene rings is 1. The minimum Gasteiger partial charge on any atom is -0.508 e. The first-order valence-corrected chi connectivity index (χ1v) is 7.08. The number of nitrogens with one attached hydrogen (secondary N) is 1. The molecule has 1 rings (SSSR count). The summed E-state index contributed by atoms with van der Waals surface area (Å²) >= 11 is 0. The van der Waals surface area contributed by atoms with Gasteiger partial charge in [-0.15, -0.1) is 0 Å². The summed E-state index contributed by atoms with van der Waals surface area (Å²) in [5.74, 6) is -2.81. The van der Waals surface area contributed by atoms with Crippen molar-refractivity contribution in [1.82, 2.24) is 5.32 Å². The van der Waals surface area contributed by atoms with Crippen molar-refractivity contribution >= 4 is 17.8 Å². The molecule has 0 bridgehead atoms. The molecule has 0 aliphatic carbocycles. The average Bonchev–Trinajstić information content (AvgIpc) is 2.50. The molecule has 6 N–H and O–H groups in total. The molecule has 0 saturated heterocycles. The van der Waals surface area contributed by atoms with Crippen molar-refractivity contribution in [2.45, 2.75) is 37.8 Å². The quantitative estimate of drug-likeness (QED) is 0.432. The topological polar surface area (TPSA) is 150 Å². The number of hydrogen-bond donors (Lipinski definition) is 5. The highest BCUT2D eigenvalue weighted by Crippen LogP contribution is 2.12. The molecule has 0 spiro atoms. The first-order chi connectivity index (χ1) is 10.8. The van der Waals surface area contributed by atoms with Crippen LogP contribution in [0.2, 0.25) is 0 Å². The summed E-state index contributed by atoms with van der Waals surface area (Å²) in [5.41, 5.74) is 6.12. The van der Waals surface area contributed by atoms with Gasteiger partial charge in [-0.3, -0.25) is 9.59 Å². The van der Waals surface area contributed by atoms with E-state index >= 15 is 0 Å². The third kappa shape index (κ3) is 6.79. The number of rotatable bonds is 9. The number of aryl methyl sites for hydroxylation is 1. The molecule has 1 amide bonds. The molecule has 8 nitrogen and oxygen atoms in total. The van der Waals surface area contributed by atoms with E-state index in [2.05, 4.69) is 5.32 Å². The molecule has 0 unspecified atom stereocenters. The standard InChI is InChI=1S/C15H20N2O6/c16-11(14(20)21)6-8-13(19)17-12(15(22)23)7-3-9-1-4-10(18)5-2-9/h1-2,4-5,11-12,18H,3,6-8,16H2,(H,17,19)(H,20,21)(H,22,23)/t11-,12-/m0/s1. The summed E-state index contributed by atoms with van der Waals surface area (Å²) in [5, 5.41) is 29.3. The van der Waals surface area contributed by atoms with E-state index in [1.165, 1.54) is 12.1 Å². The molecule has 1 aromatic rings. The number of phenolic OH excluding ortho intramolecular Hbond substituents is 1. The average molecular weight is 324 g/mol. The molecule has 2 atom stereocenters. The number of aliphatic carboxylic acids is 2. The molecule has 0 aliphatic heterocycles. The Morgan fingerprint density at radius 1 is 1.04 bits per heavy atom. The number of phenols is 1. The SMILES string of the molecule is N[C@@H](CCC(=O)N[C@@H](CCc1ccc(O)cc1)C(=O)O)C(=O)O. The van der Waals surface area contributed by atoms with Crippen LogP contribution in [0.15, 0.2) is 24.3 Å². The molecular formula is C15H20N2O6. The second-order valence-electron chi connectivity index (χ2n) is 5.15. The first-order valence-electron chi connectivity index (χ1n) is 7.08. The monoisotopic (exact) mass is 324 g/mol. The van der Waals surface area contributed by atoms with E-state index in [-0.39, 0.29) is 25.0 Å². The molecule has 8 heteroatoms. The van der Waals surface area contributed by atoms with Gasteiger partial charge in [0.25, 0.3) is 0 Å². The fraction of sp³-hybridized carbons (Fsp3) is 0.400. The molecule has 0 fully saturated rings. The van der Waals surface area contributed by atoms with E-state index in [1.807, 2.05) is 0 Å². The lowest BCUT2D eigenvalue weighted by Crippen LogP contribution is -2.42. The molecule has 0 aromatic heterocycles. The zero-order valence-electron chi connectivity index (χ0n) is 12.4. The molecule has 0 heterocycles. The van der Waals surface area contributed by atoms with Crippen molar-refractivity contribution in [3.05, 3.63) is 29.8 Å². The van der Waals surface area contributed by atoms with Crippen molar-refractivity contribution < 1.29 is 29.7 Å². The normalized spacial score (nSPS) is 13.1. The maximum Gasteiger partial charge on any atom is 0.326 e. The Hall–Kier alpha value is -2.61. The number of carbonyl (C=O) groups excluding carboxylic acids is 1. The Morgan fingerprint density at radius 2 is 1.65 bits per heavy atom. The van der Waals surface area contributed by atoms with Crippen LogP contribution < -0.4 is 11.1 Å². The third-order valence-electron chi connectivity index (χ3n) is 3.29. The van der Waals surface area contributed by atoms with Crippen molar-refractivity contribution in [3.63, 3.8) is 0 Å². The van der Waals surface area contributed by atoms with E-state index in [0.29, 0.717) is 6.42 Å². The lowest BCUT2D eigenvalue weighted by atomic mass is 10.0. The van der Waals surface area contributed by atoms with Gasteiger partial charge in [0.05, 0.1) is 0 Å². The van der Waals surface area contributed by atoms with Crippen molar-refractivity contribution in [2.75, 3.05) is 0 Å². The highest BCUT2D eigenvalue weighted by Gasteiger charge is 2.21. The molecule has 23 heavy (non-hydrogen) atoms. The zero-order chi connectivity index (χ0) is 17.4. The lowest BCUT2D eigenvalue weighted by Gasteiger charge is -2.15. The van der Waals surface area contributed by atoms with Gasteiger partial charge in [-0.25, -0.2) is 4.79 Å². The van der Waals surface area contributed by atoms with Crippen molar-refractivity contribution in [1.29, 1.82) is 0 Å². The van der Waals surface area contributed by atoms with Crippen molar-refractivity contribution in [2.24, 2.45) is 5.73 Å². The molecular weight excluding hydrogens is 304 g/mol. The summed E-state index contributed by atoms with van der Waals surface area (Å²) in [6.07, 6.45) is 0.366. The van der Waals surface area contributed by atoms with Crippen LogP contribution in [0.25, 0.3) is 0 Å². The maximum atomic E-state index is 11.7. The number of nitrogens with two attached hydrogens (primary N) is 1. The van der Waals surface area contributed by atoms with Gasteiger partial charge < -0.3 is 26.4 Å². The van der Waals surface area contributed by atoms with E-state index in [4.69, 9.17) is 15.9 Å². The van der Waals surface area contributed by atoms with Gasteiger partial charge in [-0.05, 0) is 37.0 Å². The Balaban J connectivity index is 2.48. The van der Waals surface area contributed by atoms with Gasteiger partial charge in [0.2, 0.25) is 5.91 Å². The number of carboxylic acid groups (broad SMARTS) is 2. The predicted octanol–water partition coefficient (Wildman–Crippen LogP) is 0.0863. The van der Waals surface area contributed by atoms with Crippen LogP contribution in [0.3, 0.4) is 0 Å². The molecule has 1 aromatic carbocycles. The Labute approximate surface area is 132 Å². The molecule has 126 valence electrons. The smallest absolute Gasteiger partial charge is 0.326 e. The van der Waals surface area contributed by atoms with Gasteiger partial charge in [0, 0.05) is 6.42 Å². The van der Waals surface area contributed by atoms with E-state index in [9.17, 15) is 19.5 Å². The number of carboxylic acids is 2. The third-order valence-corrected chi connectivity index (χ3v) is 3.29. The fourth-order valence-electron chi connectivity index (χ4n) is 1.91. The summed E-state index contributed by atoms with van der Waals surface area (Å²) in [6.45, 7) is 0. The second kappa shape index (κ2) is 8.74. The van der Waals surface area contributed by atoms with Gasteiger partial charge in [0.15, 0.2) is 0 Å². The van der Waals surface area contributed by atoms with Crippen LogP contribution in [0, 0.1) is 0 Å². The van der Waals surface area contributed by atoms with Crippen LogP contribution >= 0.6 is 0 Å². The van der Waals surface area contributed by atoms with Gasteiger partial charge >= 0.3 is 11.9 Å². The van der Waals surface area contributed by atoms with Crippen LogP contribution in [-0.2, 0) is 20.8 Å². The van der Waals surface area contributed by atoms with Crippen LogP contribution in [0.1, 0.15) is 24.8 Å². The van der Waals surface area contributed by atoms with Gasteiger partial charge in [0.1, 0.15) is 17.8 Å². The van der Waals surface area contributed by atoms with E-state index in [0.717, 1.165) is 5.56 Å². The maximum absolute atomic E-state index is 11.7. The molecule has 0 aliphatic rings. The number of aromatic hydroxyl groups is 1. The Kier molecular flexibility index (Phi) is 7.01. The minimum atomic E-state index is -1.21. The lowest BCUT2D eigenvalue weighted by molar-refractivity contribution is -0.142. The Morgan fingerprint density at radius 3 is 2.17 bits per heavy atom. The minimum absolute atomic E-state index is 0.0640. The summed E-state index contributed by atoms with van der Waals surface area (Å²) < 4.78 is 0. The Bertz CT molecular complexity index is 558. The molecule has 0 saturated carbocycles. The van der Waals surface area contributed by atoms with Crippen LogP contribution in [0.4, 0.5) is 0 Å². The predicted molar refractivity (Wildman–Crippen MR) is 80.8 cm³/mol. The summed E-state index contributed by atoms with van der Waals surface area (Å²) in [6, 6.07) is 4.11. The number of amides is 1. The zero-order valence-corrected chi connectivity index (χ0v) is 12.4. The van der Waals surface area contributed by atoms with E-state index in [1.54, 1.807) is 12.1 Å². The highest BCUT2D eigenvalue weighted by atomic mass is 16.4. The van der Waals surface area contributed by atoms with Crippen LogP contribution in [0.5, 0.6) is 5.75 Å². The van der Waals surface area contributed by atoms with Crippen LogP contribution in [-0.4, -0.2) is 45.2 Å². The summed E-state index contributed by atoms with van der Waals surface area (Å²) in [4.78, 5) is 33.4. The molecule has 0 radical (unpaired) electrons. The second-order valence-corrected chi connectivity index (χ2v) is 5.15. The van der Waals surface area contributed by atoms with Crippen molar-refractivity contribution in [3.8, 4) is 5.75 Å². The number of hydrogen-bond acceptors (Lipinski definition) is 5. The van der Waals surface area contributed by atoms with Gasteiger partial charge in [-0.1, -0.05) is 12.1 Å². The fourth-order valence-corrected chi connectivity index (χ4v) is 1.91. The van der Waals surface area contributed by atoms with E-state index < -0.39 is 29.9 Å². The summed E-state index contributed by atoms with van der Waals surface area (Å²) in [7, 11) is 0.